The third-order valence-corrected chi connectivity index (χ3v) is 6.58. The molecule has 1 heterocycles. The Balaban J connectivity index is 2.16. The number of hydrogen-bond acceptors (Lipinski definition) is 3. The molecule has 1 fully saturated rings. The summed E-state index contributed by atoms with van der Waals surface area (Å²) >= 11 is 0. The van der Waals surface area contributed by atoms with E-state index in [1.54, 1.807) is 4.90 Å². The number of piperazine rings is 1. The summed E-state index contributed by atoms with van der Waals surface area (Å²) in [5, 5.41) is 0. The molecule has 0 aliphatic carbocycles. The molecule has 2 rings (SSSR count). The molecule has 7 heteroatoms. The van der Waals surface area contributed by atoms with E-state index in [0.29, 0.717) is 13.0 Å². The van der Waals surface area contributed by atoms with Crippen LogP contribution in [0.5, 0.6) is 0 Å². The Morgan fingerprint density at radius 1 is 1.12 bits per heavy atom. The van der Waals surface area contributed by atoms with Crippen molar-refractivity contribution in [2.24, 2.45) is 0 Å². The SMILES string of the molecule is CCCS(=O)(=O)NC[C@H](c1ccc(N(C)C)cc1)[NH+]1CC[NH+](C)CC1. The molecule has 1 aromatic carbocycles. The second-order valence-electron chi connectivity index (χ2n) is 7.32. The van der Waals surface area contributed by atoms with Gasteiger partial charge < -0.3 is 14.7 Å². The molecule has 0 spiro atoms. The number of rotatable bonds is 8. The fraction of sp³-hybridized carbons (Fsp3) is 0.667. The third-order valence-electron chi connectivity index (χ3n) is 5.03. The van der Waals surface area contributed by atoms with E-state index in [-0.39, 0.29) is 11.8 Å². The number of quaternary nitrogens is 2. The Labute approximate surface area is 152 Å². The fourth-order valence-corrected chi connectivity index (χ4v) is 4.50. The lowest BCUT2D eigenvalue weighted by atomic mass is 10.0. The van der Waals surface area contributed by atoms with E-state index in [9.17, 15) is 8.42 Å². The molecule has 142 valence electrons. The van der Waals surface area contributed by atoms with Gasteiger partial charge in [-0.3, -0.25) is 0 Å². The predicted molar refractivity (Wildman–Crippen MR) is 103 cm³/mol. The highest BCUT2D eigenvalue weighted by molar-refractivity contribution is 7.89. The summed E-state index contributed by atoms with van der Waals surface area (Å²) in [4.78, 5) is 5.11. The summed E-state index contributed by atoms with van der Waals surface area (Å²) in [7, 11) is 3.10. The summed E-state index contributed by atoms with van der Waals surface area (Å²) in [6, 6.07) is 8.68. The van der Waals surface area contributed by atoms with Crippen LogP contribution in [0.2, 0.25) is 0 Å². The minimum atomic E-state index is -3.18. The van der Waals surface area contributed by atoms with Crippen LogP contribution >= 0.6 is 0 Å². The van der Waals surface area contributed by atoms with Crippen molar-refractivity contribution in [2.75, 3.05) is 64.5 Å². The average Bonchev–Trinajstić information content (AvgIpc) is 2.57. The molecule has 6 nitrogen and oxygen atoms in total. The summed E-state index contributed by atoms with van der Waals surface area (Å²) in [6.45, 7) is 6.76. The summed E-state index contributed by atoms with van der Waals surface area (Å²) in [5.41, 5.74) is 2.37. The number of nitrogens with zero attached hydrogens (tertiary/aromatic N) is 1. The monoisotopic (exact) mass is 370 g/mol. The zero-order chi connectivity index (χ0) is 18.4. The minimum Gasteiger partial charge on any atom is -0.378 e. The maximum Gasteiger partial charge on any atom is 0.211 e. The largest absolute Gasteiger partial charge is 0.378 e. The first-order valence-electron chi connectivity index (χ1n) is 9.23. The van der Waals surface area contributed by atoms with Gasteiger partial charge >= 0.3 is 0 Å². The number of benzene rings is 1. The highest BCUT2D eigenvalue weighted by Gasteiger charge is 2.30. The molecule has 0 bridgehead atoms. The number of likely N-dealkylation sites (N-methyl/N-ethyl adjacent to an activating group) is 1. The van der Waals surface area contributed by atoms with Gasteiger partial charge in [0, 0.05) is 25.3 Å². The van der Waals surface area contributed by atoms with E-state index < -0.39 is 10.0 Å². The molecule has 0 saturated carbocycles. The van der Waals surface area contributed by atoms with Crippen molar-refractivity contribution >= 4 is 15.7 Å². The van der Waals surface area contributed by atoms with E-state index >= 15 is 0 Å². The van der Waals surface area contributed by atoms with Crippen molar-refractivity contribution in [3.63, 3.8) is 0 Å². The summed E-state index contributed by atoms with van der Waals surface area (Å²) in [5.74, 6) is 0.196. The summed E-state index contributed by atoms with van der Waals surface area (Å²) in [6.07, 6.45) is 0.641. The van der Waals surface area contributed by atoms with Gasteiger partial charge in [-0.15, -0.1) is 0 Å². The van der Waals surface area contributed by atoms with Crippen molar-refractivity contribution in [1.29, 1.82) is 0 Å². The number of sulfonamides is 1. The van der Waals surface area contributed by atoms with Crippen LogP contribution in [0, 0.1) is 0 Å². The van der Waals surface area contributed by atoms with Crippen LogP contribution in [-0.4, -0.2) is 68.0 Å². The maximum absolute atomic E-state index is 12.1. The normalized spacial score (nSPS) is 22.6. The van der Waals surface area contributed by atoms with Gasteiger partial charge in [0.1, 0.15) is 32.2 Å². The van der Waals surface area contributed by atoms with E-state index in [1.165, 1.54) is 10.5 Å². The van der Waals surface area contributed by atoms with E-state index in [1.807, 2.05) is 21.0 Å². The second-order valence-corrected chi connectivity index (χ2v) is 9.25. The van der Waals surface area contributed by atoms with Crippen molar-refractivity contribution in [1.82, 2.24) is 4.72 Å². The van der Waals surface area contributed by atoms with Crippen LogP contribution in [0.15, 0.2) is 24.3 Å². The zero-order valence-electron chi connectivity index (χ0n) is 16.0. The first-order valence-corrected chi connectivity index (χ1v) is 10.9. The fourth-order valence-electron chi connectivity index (χ4n) is 3.40. The van der Waals surface area contributed by atoms with Gasteiger partial charge in [0.2, 0.25) is 10.0 Å². The first-order chi connectivity index (χ1) is 11.8. The van der Waals surface area contributed by atoms with Gasteiger partial charge in [0.25, 0.3) is 0 Å². The Morgan fingerprint density at radius 2 is 1.72 bits per heavy atom. The first kappa shape index (κ1) is 20.2. The maximum atomic E-state index is 12.1. The molecule has 25 heavy (non-hydrogen) atoms. The van der Waals surface area contributed by atoms with Gasteiger partial charge in [-0.1, -0.05) is 19.1 Å². The Bertz CT molecular complexity index is 623. The van der Waals surface area contributed by atoms with Gasteiger partial charge in [-0.05, 0) is 18.6 Å². The molecule has 1 aliphatic heterocycles. The predicted octanol–water partition coefficient (Wildman–Crippen LogP) is -1.46. The van der Waals surface area contributed by atoms with Gasteiger partial charge in [-0.2, -0.15) is 0 Å². The van der Waals surface area contributed by atoms with Crippen LogP contribution in [0.4, 0.5) is 5.69 Å². The van der Waals surface area contributed by atoms with Gasteiger partial charge in [0.15, 0.2) is 0 Å². The van der Waals surface area contributed by atoms with Crippen LogP contribution in [0.1, 0.15) is 24.9 Å². The quantitative estimate of drug-likeness (QED) is 0.524. The molecule has 0 amide bonds. The number of anilines is 1. The molecule has 0 unspecified atom stereocenters. The molecule has 0 radical (unpaired) electrons. The van der Waals surface area contributed by atoms with Crippen LogP contribution in [0.3, 0.4) is 0 Å². The minimum absolute atomic E-state index is 0.163. The smallest absolute Gasteiger partial charge is 0.211 e. The van der Waals surface area contributed by atoms with Crippen LogP contribution in [-0.2, 0) is 10.0 Å². The molecule has 1 aromatic rings. The molecule has 1 atom stereocenters. The van der Waals surface area contributed by atoms with Crippen LogP contribution < -0.4 is 19.4 Å². The summed E-state index contributed by atoms with van der Waals surface area (Å²) < 4.78 is 27.1. The Morgan fingerprint density at radius 3 is 2.24 bits per heavy atom. The lowest BCUT2D eigenvalue weighted by molar-refractivity contribution is -1.02. The van der Waals surface area contributed by atoms with Gasteiger partial charge in [-0.25, -0.2) is 13.1 Å². The topological polar surface area (TPSA) is 58.3 Å². The zero-order valence-corrected chi connectivity index (χ0v) is 16.8. The average molecular weight is 371 g/mol. The number of hydrogen-bond donors (Lipinski definition) is 3. The molecule has 0 aromatic heterocycles. The molecule has 3 N–H and O–H groups in total. The third kappa shape index (κ3) is 5.95. The molecular formula is C18H34N4O2S+2. The van der Waals surface area contributed by atoms with E-state index in [0.717, 1.165) is 31.9 Å². The van der Waals surface area contributed by atoms with Crippen molar-refractivity contribution < 1.29 is 18.2 Å². The van der Waals surface area contributed by atoms with E-state index in [4.69, 9.17) is 0 Å². The second kappa shape index (κ2) is 8.98. The Hall–Kier alpha value is -1.15. The Kier molecular flexibility index (Phi) is 7.25. The van der Waals surface area contributed by atoms with Crippen molar-refractivity contribution in [3.05, 3.63) is 29.8 Å². The van der Waals surface area contributed by atoms with E-state index in [2.05, 4.69) is 40.9 Å². The molecule has 1 saturated heterocycles. The van der Waals surface area contributed by atoms with Crippen molar-refractivity contribution in [2.45, 2.75) is 19.4 Å². The highest BCUT2D eigenvalue weighted by atomic mass is 32.2. The number of nitrogens with one attached hydrogen (secondary N) is 3. The highest BCUT2D eigenvalue weighted by Crippen LogP contribution is 2.16. The molecule has 1 aliphatic rings. The van der Waals surface area contributed by atoms with Gasteiger partial charge in [0.05, 0.1) is 19.3 Å². The van der Waals surface area contributed by atoms with Crippen LogP contribution in [0.25, 0.3) is 0 Å². The lowest BCUT2D eigenvalue weighted by Gasteiger charge is -2.33. The molecular weight excluding hydrogens is 336 g/mol. The standard InChI is InChI=1S/C18H32N4O2S/c1-5-14-25(23,24)19-15-18(22-12-10-21(4)11-13-22)16-6-8-17(9-7-16)20(2)3/h6-9,18-19H,5,10-15H2,1-4H3/p+2/t18-/m1/s1. The van der Waals surface area contributed by atoms with Crippen molar-refractivity contribution in [3.8, 4) is 0 Å². The lowest BCUT2D eigenvalue weighted by Crippen LogP contribution is -3.27.